The summed E-state index contributed by atoms with van der Waals surface area (Å²) < 4.78 is 5.32. The molecule has 1 fully saturated rings. The number of carbonyl (C=O) groups is 1. The minimum atomic E-state index is 0.0583. The zero-order valence-electron chi connectivity index (χ0n) is 17.6. The first-order valence-electron chi connectivity index (χ1n) is 10.4. The SMILES string of the molecule is CCCC(=O)Nc1cccc(CNC(=NC)NCC2(CCOC)CCCC2)c1. The predicted molar refractivity (Wildman–Crippen MR) is 116 cm³/mol. The fourth-order valence-corrected chi connectivity index (χ4v) is 3.85. The summed E-state index contributed by atoms with van der Waals surface area (Å²) in [5, 5.41) is 9.84. The van der Waals surface area contributed by atoms with Crippen molar-refractivity contribution in [1.29, 1.82) is 0 Å². The standard InChI is InChI=1S/C22H36N4O2/c1-4-8-20(27)26-19-10-7-9-18(15-19)16-24-21(23-2)25-17-22(13-14-28-3)11-5-6-12-22/h7,9-10,15H,4-6,8,11-14,16-17H2,1-3H3,(H,26,27)(H2,23,24,25). The Hall–Kier alpha value is -2.08. The molecule has 3 N–H and O–H groups in total. The number of methoxy groups -OCH3 is 1. The third-order valence-corrected chi connectivity index (χ3v) is 5.50. The Morgan fingerprint density at radius 2 is 2.04 bits per heavy atom. The summed E-state index contributed by atoms with van der Waals surface area (Å²) in [6.07, 6.45) is 7.58. The van der Waals surface area contributed by atoms with Gasteiger partial charge in [-0.05, 0) is 48.8 Å². The number of ether oxygens (including phenoxy) is 1. The van der Waals surface area contributed by atoms with Crippen LogP contribution < -0.4 is 16.0 Å². The molecule has 0 unspecified atom stereocenters. The quantitative estimate of drug-likeness (QED) is 0.422. The highest BCUT2D eigenvalue weighted by Crippen LogP contribution is 2.40. The monoisotopic (exact) mass is 388 g/mol. The van der Waals surface area contributed by atoms with Crippen LogP contribution in [0.2, 0.25) is 0 Å². The van der Waals surface area contributed by atoms with Gasteiger partial charge in [-0.15, -0.1) is 0 Å². The Labute approximate surface area is 169 Å². The smallest absolute Gasteiger partial charge is 0.224 e. The van der Waals surface area contributed by atoms with E-state index < -0.39 is 0 Å². The second-order valence-electron chi connectivity index (χ2n) is 7.73. The summed E-state index contributed by atoms with van der Waals surface area (Å²) in [5.74, 6) is 0.868. The molecule has 0 heterocycles. The molecule has 156 valence electrons. The van der Waals surface area contributed by atoms with Gasteiger partial charge in [0.1, 0.15) is 0 Å². The van der Waals surface area contributed by atoms with Crippen LogP contribution in [-0.2, 0) is 16.1 Å². The molecule has 1 saturated carbocycles. The van der Waals surface area contributed by atoms with Gasteiger partial charge in [-0.25, -0.2) is 0 Å². The number of rotatable bonds is 10. The van der Waals surface area contributed by atoms with Crippen molar-refractivity contribution in [2.24, 2.45) is 10.4 Å². The highest BCUT2D eigenvalue weighted by Gasteiger charge is 2.33. The van der Waals surface area contributed by atoms with Gasteiger partial charge in [0.05, 0.1) is 0 Å². The lowest BCUT2D eigenvalue weighted by atomic mass is 9.83. The Balaban J connectivity index is 1.85. The molecule has 0 aliphatic heterocycles. The van der Waals surface area contributed by atoms with Crippen LogP contribution in [0.1, 0.15) is 57.4 Å². The van der Waals surface area contributed by atoms with Crippen LogP contribution in [0.25, 0.3) is 0 Å². The van der Waals surface area contributed by atoms with Gasteiger partial charge in [-0.3, -0.25) is 9.79 Å². The van der Waals surface area contributed by atoms with Crippen LogP contribution in [0, 0.1) is 5.41 Å². The zero-order chi connectivity index (χ0) is 20.2. The van der Waals surface area contributed by atoms with Gasteiger partial charge in [0.25, 0.3) is 0 Å². The van der Waals surface area contributed by atoms with Crippen LogP contribution in [0.3, 0.4) is 0 Å². The first kappa shape index (κ1) is 22.2. The lowest BCUT2D eigenvalue weighted by Crippen LogP contribution is -2.43. The molecule has 0 radical (unpaired) electrons. The topological polar surface area (TPSA) is 74.8 Å². The molecular formula is C22H36N4O2. The van der Waals surface area contributed by atoms with Crippen LogP contribution in [0.4, 0.5) is 5.69 Å². The average Bonchev–Trinajstić information content (AvgIpc) is 3.16. The Morgan fingerprint density at radius 1 is 1.25 bits per heavy atom. The van der Waals surface area contributed by atoms with Crippen molar-refractivity contribution in [3.63, 3.8) is 0 Å². The van der Waals surface area contributed by atoms with E-state index in [-0.39, 0.29) is 5.91 Å². The van der Waals surface area contributed by atoms with Crippen LogP contribution in [-0.4, -0.2) is 39.2 Å². The number of guanidine groups is 1. The van der Waals surface area contributed by atoms with E-state index in [1.54, 1.807) is 14.2 Å². The van der Waals surface area contributed by atoms with Crippen molar-refractivity contribution in [3.05, 3.63) is 29.8 Å². The lowest BCUT2D eigenvalue weighted by Gasteiger charge is -2.30. The summed E-state index contributed by atoms with van der Waals surface area (Å²) in [4.78, 5) is 16.2. The highest BCUT2D eigenvalue weighted by molar-refractivity contribution is 5.90. The van der Waals surface area contributed by atoms with E-state index in [2.05, 4.69) is 20.9 Å². The number of carbonyl (C=O) groups excluding carboxylic acids is 1. The molecule has 1 aliphatic carbocycles. The second kappa shape index (κ2) is 11.7. The van der Waals surface area contributed by atoms with Crippen molar-refractivity contribution in [3.8, 4) is 0 Å². The minimum Gasteiger partial charge on any atom is -0.385 e. The molecule has 1 aliphatic rings. The molecule has 6 nitrogen and oxygen atoms in total. The van der Waals surface area contributed by atoms with Crippen molar-refractivity contribution >= 4 is 17.6 Å². The Morgan fingerprint density at radius 3 is 2.71 bits per heavy atom. The number of hydrogen-bond donors (Lipinski definition) is 3. The van der Waals surface area contributed by atoms with Gasteiger partial charge in [-0.2, -0.15) is 0 Å². The number of hydrogen-bond acceptors (Lipinski definition) is 3. The molecule has 2 rings (SSSR count). The van der Waals surface area contributed by atoms with Gasteiger partial charge in [-0.1, -0.05) is 31.9 Å². The minimum absolute atomic E-state index is 0.0583. The van der Waals surface area contributed by atoms with Gasteiger partial charge in [0.2, 0.25) is 5.91 Å². The molecular weight excluding hydrogens is 352 g/mol. The predicted octanol–water partition coefficient (Wildman–Crippen LogP) is 3.69. The summed E-state index contributed by atoms with van der Waals surface area (Å²) in [6, 6.07) is 7.94. The second-order valence-corrected chi connectivity index (χ2v) is 7.73. The van der Waals surface area contributed by atoms with Crippen molar-refractivity contribution < 1.29 is 9.53 Å². The number of benzene rings is 1. The molecule has 1 aromatic rings. The fourth-order valence-electron chi connectivity index (χ4n) is 3.85. The number of anilines is 1. The molecule has 0 bridgehead atoms. The number of nitrogens with zero attached hydrogens (tertiary/aromatic N) is 1. The lowest BCUT2D eigenvalue weighted by molar-refractivity contribution is -0.116. The number of nitrogens with one attached hydrogen (secondary N) is 3. The normalized spacial score (nSPS) is 16.0. The average molecular weight is 389 g/mol. The maximum atomic E-state index is 11.8. The van der Waals surface area contributed by atoms with E-state index in [0.29, 0.717) is 18.4 Å². The van der Waals surface area contributed by atoms with Gasteiger partial charge in [0, 0.05) is 46.0 Å². The molecule has 6 heteroatoms. The van der Waals surface area contributed by atoms with Crippen LogP contribution in [0.5, 0.6) is 0 Å². The molecule has 0 aromatic heterocycles. The summed E-state index contributed by atoms with van der Waals surface area (Å²) in [5.41, 5.74) is 2.26. The van der Waals surface area contributed by atoms with Gasteiger partial charge in [0.15, 0.2) is 5.96 Å². The van der Waals surface area contributed by atoms with Gasteiger partial charge >= 0.3 is 0 Å². The molecule has 0 atom stereocenters. The third kappa shape index (κ3) is 7.15. The first-order chi connectivity index (χ1) is 13.6. The molecule has 28 heavy (non-hydrogen) atoms. The van der Waals surface area contributed by atoms with E-state index >= 15 is 0 Å². The van der Waals surface area contributed by atoms with Gasteiger partial charge < -0.3 is 20.7 Å². The number of amides is 1. The summed E-state index contributed by atoms with van der Waals surface area (Å²) in [6.45, 7) is 4.39. The highest BCUT2D eigenvalue weighted by atomic mass is 16.5. The summed E-state index contributed by atoms with van der Waals surface area (Å²) >= 11 is 0. The van der Waals surface area contributed by atoms with E-state index in [4.69, 9.17) is 4.74 Å². The molecule has 1 aromatic carbocycles. The van der Waals surface area contributed by atoms with E-state index in [1.165, 1.54) is 25.7 Å². The molecule has 0 saturated heterocycles. The summed E-state index contributed by atoms with van der Waals surface area (Å²) in [7, 11) is 3.57. The Bertz CT molecular complexity index is 639. The largest absolute Gasteiger partial charge is 0.385 e. The molecule has 1 amide bonds. The first-order valence-corrected chi connectivity index (χ1v) is 10.4. The van der Waals surface area contributed by atoms with Crippen LogP contribution in [0.15, 0.2) is 29.3 Å². The van der Waals surface area contributed by atoms with Crippen molar-refractivity contribution in [2.45, 2.75) is 58.4 Å². The fraction of sp³-hybridized carbons (Fsp3) is 0.636. The number of aliphatic imine (C=N–C) groups is 1. The van der Waals surface area contributed by atoms with E-state index in [0.717, 1.165) is 43.2 Å². The maximum absolute atomic E-state index is 11.8. The Kier molecular flexibility index (Phi) is 9.28. The van der Waals surface area contributed by atoms with E-state index in [9.17, 15) is 4.79 Å². The molecule has 0 spiro atoms. The zero-order valence-corrected chi connectivity index (χ0v) is 17.6. The maximum Gasteiger partial charge on any atom is 0.224 e. The third-order valence-electron chi connectivity index (χ3n) is 5.50. The van der Waals surface area contributed by atoms with Crippen LogP contribution >= 0.6 is 0 Å². The van der Waals surface area contributed by atoms with Crippen molar-refractivity contribution in [1.82, 2.24) is 10.6 Å². The van der Waals surface area contributed by atoms with E-state index in [1.807, 2.05) is 31.2 Å². The van der Waals surface area contributed by atoms with Crippen molar-refractivity contribution in [2.75, 3.05) is 32.6 Å².